The highest BCUT2D eigenvalue weighted by atomic mass is 16.5. The lowest BCUT2D eigenvalue weighted by Gasteiger charge is -2.28. The summed E-state index contributed by atoms with van der Waals surface area (Å²) in [6.45, 7) is 12.6. The molecule has 2 aromatic carbocycles. The molecule has 2 aromatic rings. The van der Waals surface area contributed by atoms with Gasteiger partial charge in [-0.15, -0.1) is 0 Å². The maximum absolute atomic E-state index is 6.24. The van der Waals surface area contributed by atoms with Crippen LogP contribution in [-0.4, -0.2) is 45.1 Å². The molecule has 1 unspecified atom stereocenters. The molecule has 184 valence electrons. The summed E-state index contributed by atoms with van der Waals surface area (Å²) in [6, 6.07) is 16.4. The topological polar surface area (TPSA) is 86.9 Å². The normalized spacial score (nSPS) is 18.9. The van der Waals surface area contributed by atoms with E-state index in [9.17, 15) is 0 Å². The fourth-order valence-electron chi connectivity index (χ4n) is 4.22. The van der Waals surface area contributed by atoms with E-state index < -0.39 is 0 Å². The molecule has 7 heteroatoms. The van der Waals surface area contributed by atoms with Crippen LogP contribution in [0.2, 0.25) is 0 Å². The number of benzene rings is 2. The number of nitrogens with two attached hydrogens (primary N) is 1. The minimum atomic E-state index is 0.110. The second-order valence-electron chi connectivity index (χ2n) is 8.88. The third-order valence-electron chi connectivity index (χ3n) is 6.23. The van der Waals surface area contributed by atoms with Crippen LogP contribution in [0.3, 0.4) is 0 Å². The predicted octanol–water partition coefficient (Wildman–Crippen LogP) is 4.54. The molecule has 0 aliphatic carbocycles. The zero-order valence-electron chi connectivity index (χ0n) is 20.3. The number of nitrogens with one attached hydrogen (secondary N) is 3. The van der Waals surface area contributed by atoms with Gasteiger partial charge in [-0.2, -0.15) is 0 Å². The summed E-state index contributed by atoms with van der Waals surface area (Å²) in [4.78, 5) is 6.81. The zero-order chi connectivity index (χ0) is 24.5. The fourth-order valence-corrected chi connectivity index (χ4v) is 4.22. The highest BCUT2D eigenvalue weighted by Crippen LogP contribution is 2.22. The molecule has 0 saturated carbocycles. The number of hydrogen-bond donors (Lipinski definition) is 4. The summed E-state index contributed by atoms with van der Waals surface area (Å²) >= 11 is 0. The van der Waals surface area contributed by atoms with Crippen LogP contribution in [0, 0.1) is 0 Å². The summed E-state index contributed by atoms with van der Waals surface area (Å²) in [5, 5.41) is 9.95. The van der Waals surface area contributed by atoms with Crippen LogP contribution < -0.4 is 26.6 Å². The summed E-state index contributed by atoms with van der Waals surface area (Å²) in [5.41, 5.74) is 11.9. The molecule has 5 N–H and O–H groups in total. The van der Waals surface area contributed by atoms with Crippen LogP contribution in [0.4, 0.5) is 17.1 Å². The molecular formula is C28H36N6O. The van der Waals surface area contributed by atoms with Crippen molar-refractivity contribution in [1.82, 2.24) is 5.32 Å². The monoisotopic (exact) mass is 472 g/mol. The van der Waals surface area contributed by atoms with Crippen molar-refractivity contribution in [1.29, 1.82) is 0 Å². The minimum Gasteiger partial charge on any atom is -0.398 e. The van der Waals surface area contributed by atoms with Crippen molar-refractivity contribution in [3.8, 4) is 0 Å². The molecule has 4 rings (SSSR count). The number of anilines is 3. The van der Waals surface area contributed by atoms with Gasteiger partial charge in [-0.05, 0) is 67.3 Å². The molecule has 0 radical (unpaired) electrons. The quantitative estimate of drug-likeness (QED) is 0.401. The molecule has 35 heavy (non-hydrogen) atoms. The summed E-state index contributed by atoms with van der Waals surface area (Å²) < 4.78 is 5.49. The van der Waals surface area contributed by atoms with E-state index in [1.54, 1.807) is 12.3 Å². The molecule has 0 bridgehead atoms. The molecule has 2 saturated heterocycles. The SMILES string of the molecule is C=C(/N=C\C=C(/N)c1ccc(NC(=C)C2COCCN2)cc1)Nc1ccc(N2CCCCC2)cc1. The van der Waals surface area contributed by atoms with E-state index in [1.165, 1.54) is 24.9 Å². The third-order valence-corrected chi connectivity index (χ3v) is 6.23. The Hall–Kier alpha value is -3.55. The molecular weight excluding hydrogens is 436 g/mol. The van der Waals surface area contributed by atoms with E-state index in [-0.39, 0.29) is 6.04 Å². The summed E-state index contributed by atoms with van der Waals surface area (Å²) in [5.74, 6) is 0.554. The van der Waals surface area contributed by atoms with Gasteiger partial charge >= 0.3 is 0 Å². The Morgan fingerprint density at radius 2 is 1.69 bits per heavy atom. The van der Waals surface area contributed by atoms with Gasteiger partial charge in [0.05, 0.1) is 19.3 Å². The molecule has 2 aliphatic rings. The van der Waals surface area contributed by atoms with E-state index in [0.29, 0.717) is 18.1 Å². The van der Waals surface area contributed by atoms with Gasteiger partial charge in [-0.25, -0.2) is 4.99 Å². The van der Waals surface area contributed by atoms with Crippen molar-refractivity contribution in [3.63, 3.8) is 0 Å². The molecule has 7 nitrogen and oxygen atoms in total. The Morgan fingerprint density at radius 1 is 1.00 bits per heavy atom. The van der Waals surface area contributed by atoms with E-state index >= 15 is 0 Å². The molecule has 0 aromatic heterocycles. The number of nitrogens with zero attached hydrogens (tertiary/aromatic N) is 2. The highest BCUT2D eigenvalue weighted by molar-refractivity contribution is 5.84. The van der Waals surface area contributed by atoms with E-state index in [0.717, 1.165) is 48.9 Å². The van der Waals surface area contributed by atoms with E-state index in [2.05, 4.69) is 63.3 Å². The number of aliphatic imine (C=N–C) groups is 1. The third kappa shape index (κ3) is 7.21. The second kappa shape index (κ2) is 12.2. The fraction of sp³-hybridized carbons (Fsp3) is 0.321. The Labute approximate surface area is 208 Å². The minimum absolute atomic E-state index is 0.110. The summed E-state index contributed by atoms with van der Waals surface area (Å²) in [7, 11) is 0. The summed E-state index contributed by atoms with van der Waals surface area (Å²) in [6.07, 6.45) is 7.31. The van der Waals surface area contributed by atoms with Crippen molar-refractivity contribution in [2.75, 3.05) is 48.4 Å². The molecule has 0 spiro atoms. The number of morpholine rings is 1. The second-order valence-corrected chi connectivity index (χ2v) is 8.88. The van der Waals surface area contributed by atoms with Crippen LogP contribution in [0.1, 0.15) is 24.8 Å². The van der Waals surface area contributed by atoms with Gasteiger partial charge in [0.1, 0.15) is 5.82 Å². The van der Waals surface area contributed by atoms with Crippen LogP contribution in [0.5, 0.6) is 0 Å². The van der Waals surface area contributed by atoms with Gasteiger partial charge in [0.2, 0.25) is 0 Å². The Balaban J connectivity index is 1.26. The van der Waals surface area contributed by atoms with Crippen LogP contribution in [0.25, 0.3) is 5.70 Å². The van der Waals surface area contributed by atoms with Gasteiger partial charge in [0.25, 0.3) is 0 Å². The van der Waals surface area contributed by atoms with Gasteiger partial charge < -0.3 is 31.3 Å². The van der Waals surface area contributed by atoms with Crippen LogP contribution >= 0.6 is 0 Å². The lowest BCUT2D eigenvalue weighted by atomic mass is 10.1. The maximum atomic E-state index is 6.24. The lowest BCUT2D eigenvalue weighted by molar-refractivity contribution is 0.0875. The standard InChI is InChI=1S/C28H36N6O/c1-21(28-20-35-19-16-31-28)32-24-8-6-23(7-9-24)27(29)14-15-30-22(2)33-25-10-12-26(13-11-25)34-17-4-3-5-18-34/h6-15,28,31-33H,1-5,16-20,29H2/b27-14-,30-15-. The van der Waals surface area contributed by atoms with Crippen LogP contribution in [0.15, 0.2) is 84.3 Å². The molecule has 2 fully saturated rings. The smallest absolute Gasteiger partial charge is 0.122 e. The molecule has 2 aliphatic heterocycles. The highest BCUT2D eigenvalue weighted by Gasteiger charge is 2.16. The predicted molar refractivity (Wildman–Crippen MR) is 148 cm³/mol. The number of piperidine rings is 1. The van der Waals surface area contributed by atoms with Crippen molar-refractivity contribution < 1.29 is 4.74 Å². The van der Waals surface area contributed by atoms with E-state index in [4.69, 9.17) is 10.5 Å². The first-order valence-electron chi connectivity index (χ1n) is 12.3. The van der Waals surface area contributed by atoms with Crippen molar-refractivity contribution >= 4 is 29.0 Å². The number of ether oxygens (including phenoxy) is 1. The first-order valence-corrected chi connectivity index (χ1v) is 12.3. The van der Waals surface area contributed by atoms with Gasteiger partial charge in [0.15, 0.2) is 0 Å². The van der Waals surface area contributed by atoms with Gasteiger partial charge in [0, 0.05) is 54.3 Å². The van der Waals surface area contributed by atoms with Crippen molar-refractivity contribution in [2.24, 2.45) is 10.7 Å². The first-order chi connectivity index (χ1) is 17.1. The molecule has 0 amide bonds. The van der Waals surface area contributed by atoms with Crippen molar-refractivity contribution in [2.45, 2.75) is 25.3 Å². The van der Waals surface area contributed by atoms with Crippen molar-refractivity contribution in [3.05, 3.63) is 84.8 Å². The molecule has 2 heterocycles. The average molecular weight is 473 g/mol. The maximum Gasteiger partial charge on any atom is 0.122 e. The van der Waals surface area contributed by atoms with Crippen LogP contribution in [-0.2, 0) is 4.74 Å². The Bertz CT molecular complexity index is 1050. The number of hydrogen-bond acceptors (Lipinski definition) is 7. The van der Waals surface area contributed by atoms with Gasteiger partial charge in [-0.3, -0.25) is 0 Å². The van der Waals surface area contributed by atoms with E-state index in [1.807, 2.05) is 24.3 Å². The average Bonchev–Trinajstić information content (AvgIpc) is 2.90. The Kier molecular flexibility index (Phi) is 8.59. The Morgan fingerprint density at radius 3 is 2.37 bits per heavy atom. The van der Waals surface area contributed by atoms with Gasteiger partial charge in [-0.1, -0.05) is 25.3 Å². The molecule has 1 atom stereocenters. The first kappa shape index (κ1) is 24.6. The lowest BCUT2D eigenvalue weighted by Crippen LogP contribution is -2.43. The number of rotatable bonds is 9. The zero-order valence-corrected chi connectivity index (χ0v) is 20.3. The largest absolute Gasteiger partial charge is 0.398 e. The number of allylic oxidation sites excluding steroid dienone is 1.